The number of aromatic nitrogens is 3. The summed E-state index contributed by atoms with van der Waals surface area (Å²) < 4.78 is 34.0. The maximum Gasteiger partial charge on any atom is 0.227 e. The number of rotatable bonds is 7. The first-order valence-corrected chi connectivity index (χ1v) is 14.0. The van der Waals surface area contributed by atoms with Gasteiger partial charge >= 0.3 is 0 Å². The van der Waals surface area contributed by atoms with Crippen LogP contribution in [-0.2, 0) is 14.8 Å². The average Bonchev–Trinajstić information content (AvgIpc) is 3.32. The van der Waals surface area contributed by atoms with Gasteiger partial charge < -0.3 is 9.72 Å². The van der Waals surface area contributed by atoms with Crippen LogP contribution in [0.1, 0.15) is 51.0 Å². The minimum atomic E-state index is -3.34. The third-order valence-corrected chi connectivity index (χ3v) is 8.91. The number of sulfonamides is 1. The summed E-state index contributed by atoms with van der Waals surface area (Å²) >= 11 is 0. The molecule has 5 heterocycles. The standard InChI is InChI=1S/C25H35N5O3S/c1-18(2)16-33-20-4-3-11-30(15-20)34(31,32)17-29-12-7-19(8-13-29)21-5-9-26-23-14-28-25-22(24(21)23)6-10-27-25/h5-6,9-10,14,18-20H,3-4,7-8,11-13,15-17H2,1-2H3,(H,27,28). The van der Waals surface area contributed by atoms with E-state index < -0.39 is 10.0 Å². The molecule has 0 aliphatic carbocycles. The van der Waals surface area contributed by atoms with Crippen molar-refractivity contribution in [2.24, 2.45) is 5.92 Å². The van der Waals surface area contributed by atoms with E-state index in [0.717, 1.165) is 55.3 Å². The quantitative estimate of drug-likeness (QED) is 0.549. The fourth-order valence-electron chi connectivity index (χ4n) is 5.33. The smallest absolute Gasteiger partial charge is 0.227 e. The van der Waals surface area contributed by atoms with E-state index >= 15 is 0 Å². The lowest BCUT2D eigenvalue weighted by Gasteiger charge is -2.36. The summed E-state index contributed by atoms with van der Waals surface area (Å²) in [5.74, 6) is 0.934. The Morgan fingerprint density at radius 1 is 1.15 bits per heavy atom. The fourth-order valence-corrected chi connectivity index (χ4v) is 7.01. The number of nitrogens with zero attached hydrogens (tertiary/aromatic N) is 4. The van der Waals surface area contributed by atoms with E-state index in [-0.39, 0.29) is 12.0 Å². The largest absolute Gasteiger partial charge is 0.377 e. The average molecular weight is 486 g/mol. The molecule has 3 aromatic rings. The van der Waals surface area contributed by atoms with Gasteiger partial charge in [0.15, 0.2) is 0 Å². The first kappa shape index (κ1) is 23.7. The van der Waals surface area contributed by atoms with Gasteiger partial charge in [-0.15, -0.1) is 0 Å². The fraction of sp³-hybridized carbons (Fsp3) is 0.600. The molecule has 0 aromatic carbocycles. The molecule has 0 amide bonds. The first-order valence-electron chi connectivity index (χ1n) is 12.4. The number of aromatic amines is 1. The highest BCUT2D eigenvalue weighted by Gasteiger charge is 2.32. The third kappa shape index (κ3) is 4.98. The molecule has 1 N–H and O–H groups in total. The molecule has 9 heteroatoms. The highest BCUT2D eigenvalue weighted by atomic mass is 32.2. The van der Waals surface area contributed by atoms with Crippen LogP contribution in [0.15, 0.2) is 30.7 Å². The van der Waals surface area contributed by atoms with Crippen molar-refractivity contribution in [1.82, 2.24) is 24.2 Å². The molecular formula is C25H35N5O3S. The second-order valence-corrected chi connectivity index (χ2v) is 12.1. The summed E-state index contributed by atoms with van der Waals surface area (Å²) in [6.45, 7) is 7.55. The summed E-state index contributed by atoms with van der Waals surface area (Å²) in [5.41, 5.74) is 3.08. The zero-order valence-electron chi connectivity index (χ0n) is 20.1. The van der Waals surface area contributed by atoms with Crippen LogP contribution >= 0.6 is 0 Å². The molecule has 0 radical (unpaired) electrons. The van der Waals surface area contributed by atoms with E-state index in [1.165, 1.54) is 10.9 Å². The lowest BCUT2D eigenvalue weighted by molar-refractivity contribution is 0.00528. The maximum absolute atomic E-state index is 13.2. The van der Waals surface area contributed by atoms with Crippen molar-refractivity contribution in [2.45, 2.75) is 51.6 Å². The van der Waals surface area contributed by atoms with E-state index in [2.05, 4.69) is 45.8 Å². The van der Waals surface area contributed by atoms with Gasteiger partial charge in [-0.05, 0) is 68.3 Å². The van der Waals surface area contributed by atoms with E-state index in [4.69, 9.17) is 4.74 Å². The molecule has 3 aromatic heterocycles. The van der Waals surface area contributed by atoms with Gasteiger partial charge in [-0.25, -0.2) is 13.4 Å². The summed E-state index contributed by atoms with van der Waals surface area (Å²) in [6.07, 6.45) is 9.29. The first-order chi connectivity index (χ1) is 16.4. The Labute approximate surface area is 201 Å². The molecule has 0 spiro atoms. The van der Waals surface area contributed by atoms with Crippen molar-refractivity contribution in [1.29, 1.82) is 0 Å². The molecule has 0 saturated carbocycles. The number of hydrogen-bond acceptors (Lipinski definition) is 6. The van der Waals surface area contributed by atoms with Gasteiger partial charge in [0.1, 0.15) is 11.5 Å². The molecule has 0 bridgehead atoms. The SMILES string of the molecule is CC(C)COC1CCCN(S(=O)(=O)CN2CCC(c3ccnc4cnc5[nH]ccc5c34)CC2)C1. The van der Waals surface area contributed by atoms with Crippen LogP contribution in [0.3, 0.4) is 0 Å². The summed E-state index contributed by atoms with van der Waals surface area (Å²) in [6, 6.07) is 4.19. The predicted octanol–water partition coefficient (Wildman–Crippen LogP) is 3.71. The number of nitrogens with one attached hydrogen (secondary N) is 1. The van der Waals surface area contributed by atoms with Crippen LogP contribution in [0.5, 0.6) is 0 Å². The van der Waals surface area contributed by atoms with Crippen LogP contribution in [0.2, 0.25) is 0 Å². The molecule has 2 fully saturated rings. The number of ether oxygens (including phenoxy) is 1. The normalized spacial score (nSPS) is 21.7. The van der Waals surface area contributed by atoms with Gasteiger partial charge in [0.25, 0.3) is 0 Å². The second kappa shape index (κ2) is 9.89. The van der Waals surface area contributed by atoms with Gasteiger partial charge in [-0.1, -0.05) is 13.8 Å². The Balaban J connectivity index is 1.23. The number of fused-ring (bicyclic) bond motifs is 3. The molecular weight excluding hydrogens is 450 g/mol. The monoisotopic (exact) mass is 485 g/mol. The number of hydrogen-bond donors (Lipinski definition) is 1. The van der Waals surface area contributed by atoms with E-state index in [1.54, 1.807) is 4.31 Å². The molecule has 2 aliphatic rings. The number of H-pyrrole nitrogens is 1. The summed E-state index contributed by atoms with van der Waals surface area (Å²) in [5, 5.41) is 2.27. The Kier molecular flexibility index (Phi) is 6.88. The molecule has 1 atom stereocenters. The van der Waals surface area contributed by atoms with Crippen LogP contribution in [0, 0.1) is 5.92 Å². The number of likely N-dealkylation sites (tertiary alicyclic amines) is 1. The zero-order chi connectivity index (χ0) is 23.7. The van der Waals surface area contributed by atoms with Crippen molar-refractivity contribution < 1.29 is 13.2 Å². The summed E-state index contributed by atoms with van der Waals surface area (Å²) in [7, 11) is -3.34. The third-order valence-electron chi connectivity index (χ3n) is 7.10. The van der Waals surface area contributed by atoms with Gasteiger partial charge in [0, 0.05) is 42.9 Å². The van der Waals surface area contributed by atoms with Crippen molar-refractivity contribution >= 4 is 32.0 Å². The van der Waals surface area contributed by atoms with Gasteiger partial charge in [0.2, 0.25) is 10.0 Å². The van der Waals surface area contributed by atoms with E-state index in [9.17, 15) is 8.42 Å². The minimum Gasteiger partial charge on any atom is -0.377 e. The van der Waals surface area contributed by atoms with Crippen molar-refractivity contribution in [3.8, 4) is 0 Å². The highest BCUT2D eigenvalue weighted by molar-refractivity contribution is 7.89. The predicted molar refractivity (Wildman–Crippen MR) is 134 cm³/mol. The highest BCUT2D eigenvalue weighted by Crippen LogP contribution is 2.35. The second-order valence-electron chi connectivity index (χ2n) is 10.1. The Hall–Kier alpha value is -2.07. The Bertz CT molecular complexity index is 1230. The molecule has 34 heavy (non-hydrogen) atoms. The van der Waals surface area contributed by atoms with Crippen LogP contribution in [0.25, 0.3) is 21.9 Å². The van der Waals surface area contributed by atoms with E-state index in [1.807, 2.05) is 18.6 Å². The molecule has 2 aliphatic heterocycles. The topological polar surface area (TPSA) is 91.4 Å². The van der Waals surface area contributed by atoms with Crippen molar-refractivity contribution in [3.05, 3.63) is 36.3 Å². The Morgan fingerprint density at radius 3 is 2.76 bits per heavy atom. The zero-order valence-corrected chi connectivity index (χ0v) is 20.9. The lowest BCUT2D eigenvalue weighted by atomic mass is 9.87. The molecule has 1 unspecified atom stereocenters. The number of pyridine rings is 2. The molecule has 5 rings (SSSR count). The van der Waals surface area contributed by atoms with E-state index in [0.29, 0.717) is 31.5 Å². The molecule has 184 valence electrons. The molecule has 8 nitrogen and oxygen atoms in total. The maximum atomic E-state index is 13.2. The van der Waals surface area contributed by atoms with Gasteiger partial charge in [0.05, 0.1) is 17.8 Å². The van der Waals surface area contributed by atoms with Crippen molar-refractivity contribution in [3.63, 3.8) is 0 Å². The lowest BCUT2D eigenvalue weighted by Crippen LogP contribution is -2.48. The van der Waals surface area contributed by atoms with Crippen LogP contribution < -0.4 is 0 Å². The van der Waals surface area contributed by atoms with Crippen LogP contribution in [-0.4, -0.2) is 77.3 Å². The van der Waals surface area contributed by atoms with Crippen molar-refractivity contribution in [2.75, 3.05) is 38.7 Å². The minimum absolute atomic E-state index is 0.0105. The van der Waals surface area contributed by atoms with Crippen LogP contribution in [0.4, 0.5) is 0 Å². The molecule has 2 saturated heterocycles. The summed E-state index contributed by atoms with van der Waals surface area (Å²) in [4.78, 5) is 14.3. The van der Waals surface area contributed by atoms with Gasteiger partial charge in [-0.2, -0.15) is 4.31 Å². The number of piperidine rings is 2. The van der Waals surface area contributed by atoms with Gasteiger partial charge in [-0.3, -0.25) is 9.88 Å². The Morgan fingerprint density at radius 2 is 1.97 bits per heavy atom.